The Balaban J connectivity index is 2.14. The van der Waals surface area contributed by atoms with Crippen molar-refractivity contribution in [2.75, 3.05) is 13.2 Å². The highest BCUT2D eigenvalue weighted by Gasteiger charge is 2.48. The van der Waals surface area contributed by atoms with Crippen molar-refractivity contribution in [3.05, 3.63) is 0 Å². The van der Waals surface area contributed by atoms with Gasteiger partial charge in [0.15, 0.2) is 5.79 Å². The van der Waals surface area contributed by atoms with Crippen molar-refractivity contribution >= 4 is 0 Å². The molecule has 1 spiro atoms. The lowest BCUT2D eigenvalue weighted by Gasteiger charge is -2.52. The van der Waals surface area contributed by atoms with E-state index in [0.29, 0.717) is 0 Å². The average molecular weight is 240 g/mol. The van der Waals surface area contributed by atoms with Crippen molar-refractivity contribution < 1.29 is 9.47 Å². The van der Waals surface area contributed by atoms with E-state index in [2.05, 4.69) is 20.8 Å². The molecule has 0 aromatic heterocycles. The van der Waals surface area contributed by atoms with Gasteiger partial charge >= 0.3 is 0 Å². The van der Waals surface area contributed by atoms with Crippen molar-refractivity contribution in [1.82, 2.24) is 0 Å². The van der Waals surface area contributed by atoms with Gasteiger partial charge in [-0.05, 0) is 44.4 Å². The zero-order valence-corrected chi connectivity index (χ0v) is 12.1. The Bertz CT molecular complexity index is 260. The zero-order valence-electron chi connectivity index (χ0n) is 12.1. The molecule has 0 aromatic rings. The first-order valence-electron chi connectivity index (χ1n) is 7.13. The van der Waals surface area contributed by atoms with Crippen LogP contribution in [0.4, 0.5) is 0 Å². The van der Waals surface area contributed by atoms with E-state index in [1.165, 1.54) is 19.3 Å². The number of hydrogen-bond donors (Lipinski definition) is 0. The molecule has 0 N–H and O–H groups in total. The summed E-state index contributed by atoms with van der Waals surface area (Å²) in [5.74, 6) is 1.93. The summed E-state index contributed by atoms with van der Waals surface area (Å²) < 4.78 is 11.9. The zero-order chi connectivity index (χ0) is 12.7. The summed E-state index contributed by atoms with van der Waals surface area (Å²) in [5, 5.41) is 0. The summed E-state index contributed by atoms with van der Waals surface area (Å²) in [6, 6.07) is 0. The monoisotopic (exact) mass is 240 g/mol. The molecule has 2 nitrogen and oxygen atoms in total. The Kier molecular flexibility index (Phi) is 3.57. The maximum Gasteiger partial charge on any atom is 0.162 e. The lowest BCUT2D eigenvalue weighted by Crippen LogP contribution is -2.53. The molecule has 2 fully saturated rings. The Morgan fingerprint density at radius 1 is 1.06 bits per heavy atom. The first-order valence-corrected chi connectivity index (χ1v) is 7.13. The van der Waals surface area contributed by atoms with E-state index < -0.39 is 0 Å². The van der Waals surface area contributed by atoms with Gasteiger partial charge < -0.3 is 9.47 Å². The summed E-state index contributed by atoms with van der Waals surface area (Å²) in [6.07, 6.45) is 3.98. The normalized spacial score (nSPS) is 36.4. The van der Waals surface area contributed by atoms with Crippen molar-refractivity contribution in [3.8, 4) is 0 Å². The minimum atomic E-state index is -0.381. The Morgan fingerprint density at radius 2 is 1.65 bits per heavy atom. The Hall–Kier alpha value is -0.0800. The standard InChI is InChI=1S/C15H28O2/c1-11(2)13-7-6-12(3)8-15(13)9-16-14(4,5)17-10-15/h11-13H,6-10H2,1-5H3/t12-,13+/m1/s1. The molecule has 100 valence electrons. The molecule has 17 heavy (non-hydrogen) atoms. The van der Waals surface area contributed by atoms with Gasteiger partial charge in [0.1, 0.15) is 0 Å². The van der Waals surface area contributed by atoms with Gasteiger partial charge in [-0.3, -0.25) is 0 Å². The number of rotatable bonds is 1. The molecular weight excluding hydrogens is 212 g/mol. The maximum absolute atomic E-state index is 5.97. The van der Waals surface area contributed by atoms with Crippen molar-refractivity contribution in [3.63, 3.8) is 0 Å². The lowest BCUT2D eigenvalue weighted by molar-refractivity contribution is -0.303. The fraction of sp³-hybridized carbons (Fsp3) is 1.00. The predicted octanol–water partition coefficient (Wildman–Crippen LogP) is 3.85. The van der Waals surface area contributed by atoms with Crippen LogP contribution in [0.25, 0.3) is 0 Å². The highest BCUT2D eigenvalue weighted by atomic mass is 16.7. The van der Waals surface area contributed by atoms with Crippen LogP contribution in [0.2, 0.25) is 0 Å². The molecule has 0 aromatic carbocycles. The largest absolute Gasteiger partial charge is 0.350 e. The van der Waals surface area contributed by atoms with Crippen molar-refractivity contribution in [1.29, 1.82) is 0 Å². The van der Waals surface area contributed by atoms with E-state index in [-0.39, 0.29) is 11.2 Å². The third-order valence-electron chi connectivity index (χ3n) is 4.73. The molecule has 2 atom stereocenters. The van der Waals surface area contributed by atoms with Crippen LogP contribution in [0.15, 0.2) is 0 Å². The number of hydrogen-bond acceptors (Lipinski definition) is 2. The molecule has 1 aliphatic heterocycles. The third-order valence-corrected chi connectivity index (χ3v) is 4.73. The van der Waals surface area contributed by atoms with Gasteiger partial charge in [-0.25, -0.2) is 0 Å². The number of ether oxygens (including phenoxy) is 2. The van der Waals surface area contributed by atoms with Crippen LogP contribution >= 0.6 is 0 Å². The summed E-state index contributed by atoms with van der Waals surface area (Å²) >= 11 is 0. The molecule has 1 saturated heterocycles. The summed E-state index contributed by atoms with van der Waals surface area (Å²) in [4.78, 5) is 0. The second-order valence-electron chi connectivity index (χ2n) is 7.08. The van der Waals surface area contributed by atoms with Gasteiger partial charge in [0.05, 0.1) is 13.2 Å². The highest BCUT2D eigenvalue weighted by molar-refractivity contribution is 4.95. The lowest BCUT2D eigenvalue weighted by atomic mass is 9.60. The summed E-state index contributed by atoms with van der Waals surface area (Å²) in [5.41, 5.74) is 0.279. The van der Waals surface area contributed by atoms with Gasteiger partial charge in [-0.15, -0.1) is 0 Å². The van der Waals surface area contributed by atoms with Gasteiger partial charge in [0.2, 0.25) is 0 Å². The first kappa shape index (κ1) is 13.4. The third kappa shape index (κ3) is 2.68. The summed E-state index contributed by atoms with van der Waals surface area (Å²) in [6.45, 7) is 12.9. The smallest absolute Gasteiger partial charge is 0.162 e. The van der Waals surface area contributed by atoms with Gasteiger partial charge in [-0.1, -0.05) is 27.2 Å². The second-order valence-corrected chi connectivity index (χ2v) is 7.08. The molecular formula is C15H28O2. The molecule has 2 aliphatic rings. The summed E-state index contributed by atoms with van der Waals surface area (Å²) in [7, 11) is 0. The topological polar surface area (TPSA) is 18.5 Å². The minimum absolute atomic E-state index is 0.279. The van der Waals surface area contributed by atoms with Crippen LogP contribution in [0.3, 0.4) is 0 Å². The predicted molar refractivity (Wildman–Crippen MR) is 69.8 cm³/mol. The van der Waals surface area contributed by atoms with E-state index in [1.807, 2.05) is 13.8 Å². The van der Waals surface area contributed by atoms with Gasteiger partial charge in [0, 0.05) is 5.41 Å². The highest BCUT2D eigenvalue weighted by Crippen LogP contribution is 2.50. The van der Waals surface area contributed by atoms with E-state index in [0.717, 1.165) is 31.0 Å². The van der Waals surface area contributed by atoms with Crippen LogP contribution in [0.1, 0.15) is 53.9 Å². The van der Waals surface area contributed by atoms with Crippen molar-refractivity contribution in [2.24, 2.45) is 23.2 Å². The van der Waals surface area contributed by atoms with Gasteiger partial charge in [0.25, 0.3) is 0 Å². The van der Waals surface area contributed by atoms with Crippen LogP contribution in [-0.4, -0.2) is 19.0 Å². The van der Waals surface area contributed by atoms with Gasteiger partial charge in [-0.2, -0.15) is 0 Å². The quantitative estimate of drug-likeness (QED) is 0.693. The molecule has 1 aliphatic carbocycles. The average Bonchev–Trinajstić information content (AvgIpc) is 2.23. The van der Waals surface area contributed by atoms with E-state index >= 15 is 0 Å². The molecule has 2 rings (SSSR count). The van der Waals surface area contributed by atoms with Crippen LogP contribution < -0.4 is 0 Å². The maximum atomic E-state index is 5.97. The fourth-order valence-electron chi connectivity index (χ4n) is 3.81. The molecule has 2 heteroatoms. The van der Waals surface area contributed by atoms with E-state index in [4.69, 9.17) is 9.47 Å². The Morgan fingerprint density at radius 3 is 2.18 bits per heavy atom. The first-order chi connectivity index (χ1) is 7.85. The fourth-order valence-corrected chi connectivity index (χ4v) is 3.81. The SMILES string of the molecule is CC(C)[C@@H]1CC[C@@H](C)CC12COC(C)(C)OC2. The molecule has 0 radical (unpaired) electrons. The van der Waals surface area contributed by atoms with E-state index in [9.17, 15) is 0 Å². The molecule has 0 unspecified atom stereocenters. The molecule has 1 saturated carbocycles. The minimum Gasteiger partial charge on any atom is -0.350 e. The molecule has 0 amide bonds. The molecule has 1 heterocycles. The Labute approximate surface area is 106 Å². The van der Waals surface area contributed by atoms with Crippen LogP contribution in [0.5, 0.6) is 0 Å². The molecule has 0 bridgehead atoms. The van der Waals surface area contributed by atoms with E-state index in [1.54, 1.807) is 0 Å². The van der Waals surface area contributed by atoms with Crippen LogP contribution in [0, 0.1) is 23.2 Å². The second kappa shape index (κ2) is 4.55. The van der Waals surface area contributed by atoms with Crippen LogP contribution in [-0.2, 0) is 9.47 Å². The van der Waals surface area contributed by atoms with Crippen molar-refractivity contribution in [2.45, 2.75) is 59.7 Å².